The summed E-state index contributed by atoms with van der Waals surface area (Å²) in [5.74, 6) is -0.238. The summed E-state index contributed by atoms with van der Waals surface area (Å²) in [6.45, 7) is 0. The van der Waals surface area contributed by atoms with Gasteiger partial charge >= 0.3 is 0 Å². The van der Waals surface area contributed by atoms with E-state index in [9.17, 15) is 13.2 Å². The van der Waals surface area contributed by atoms with E-state index in [1.54, 1.807) is 23.9 Å². The van der Waals surface area contributed by atoms with Crippen LogP contribution >= 0.6 is 11.8 Å². The van der Waals surface area contributed by atoms with Crippen LogP contribution in [-0.2, 0) is 14.8 Å². The Bertz CT molecular complexity index is 933. The lowest BCUT2D eigenvalue weighted by molar-refractivity contribution is -0.110. The summed E-state index contributed by atoms with van der Waals surface area (Å²) < 4.78 is 26.2. The van der Waals surface area contributed by atoms with Gasteiger partial charge in [0, 0.05) is 21.7 Å². The van der Waals surface area contributed by atoms with Crippen LogP contribution in [0.25, 0.3) is 11.6 Å². The zero-order valence-electron chi connectivity index (χ0n) is 13.2. The molecule has 0 unspecified atom stereocenters. The normalized spacial score (nSPS) is 15.4. The van der Waals surface area contributed by atoms with E-state index in [2.05, 4.69) is 10.0 Å². The molecule has 1 amide bonds. The fraction of sp³-hybridized carbons (Fsp3) is 0.118. The first-order chi connectivity index (χ1) is 11.4. The Morgan fingerprint density at radius 3 is 2.46 bits per heavy atom. The zero-order chi connectivity index (χ0) is 17.3. The molecule has 0 spiro atoms. The van der Waals surface area contributed by atoms with Crippen molar-refractivity contribution in [3.63, 3.8) is 0 Å². The van der Waals surface area contributed by atoms with E-state index in [4.69, 9.17) is 0 Å². The first-order valence-electron chi connectivity index (χ1n) is 7.19. The van der Waals surface area contributed by atoms with Gasteiger partial charge in [-0.05, 0) is 55.3 Å². The largest absolute Gasteiger partial charge is 0.321 e. The van der Waals surface area contributed by atoms with Crippen molar-refractivity contribution in [1.29, 1.82) is 0 Å². The van der Waals surface area contributed by atoms with Gasteiger partial charge in [0.15, 0.2) is 0 Å². The van der Waals surface area contributed by atoms with Gasteiger partial charge in [0.1, 0.15) is 0 Å². The van der Waals surface area contributed by atoms with Gasteiger partial charge in [-0.25, -0.2) is 13.1 Å². The van der Waals surface area contributed by atoms with Gasteiger partial charge in [0.05, 0.1) is 4.90 Å². The number of hydrogen-bond donors (Lipinski definition) is 2. The Morgan fingerprint density at radius 2 is 1.83 bits per heavy atom. The highest BCUT2D eigenvalue weighted by Gasteiger charge is 2.26. The molecule has 0 aliphatic carbocycles. The summed E-state index contributed by atoms with van der Waals surface area (Å²) in [5.41, 5.74) is 2.54. The van der Waals surface area contributed by atoms with Crippen molar-refractivity contribution in [2.75, 3.05) is 18.6 Å². The van der Waals surface area contributed by atoms with Gasteiger partial charge in [-0.2, -0.15) is 0 Å². The maximum absolute atomic E-state index is 12.2. The van der Waals surface area contributed by atoms with E-state index in [0.29, 0.717) is 16.8 Å². The van der Waals surface area contributed by atoms with Crippen LogP contribution in [0.1, 0.15) is 11.1 Å². The lowest BCUT2D eigenvalue weighted by Crippen LogP contribution is -2.18. The predicted molar refractivity (Wildman–Crippen MR) is 97.4 cm³/mol. The summed E-state index contributed by atoms with van der Waals surface area (Å²) in [5, 5.41) is 2.76. The van der Waals surface area contributed by atoms with Crippen LogP contribution < -0.4 is 10.0 Å². The van der Waals surface area contributed by atoms with E-state index >= 15 is 0 Å². The summed E-state index contributed by atoms with van der Waals surface area (Å²) >= 11 is 1.64. The molecular weight excluding hydrogens is 344 g/mol. The molecule has 0 atom stereocenters. The SMILES string of the molecule is CNS(=O)(=O)c1ccc2c(c1)C(=Cc1ccc(SC)cc1)C(=O)N2. The van der Waals surface area contributed by atoms with Gasteiger partial charge in [-0.15, -0.1) is 11.8 Å². The second-order valence-corrected chi connectivity index (χ2v) is 7.97. The Balaban J connectivity index is 2.06. The lowest BCUT2D eigenvalue weighted by atomic mass is 10.0. The molecule has 1 aliphatic heterocycles. The molecule has 0 radical (unpaired) electrons. The van der Waals surface area contributed by atoms with Crippen LogP contribution in [0, 0.1) is 0 Å². The monoisotopic (exact) mass is 360 g/mol. The van der Waals surface area contributed by atoms with Crippen molar-refractivity contribution < 1.29 is 13.2 Å². The summed E-state index contributed by atoms with van der Waals surface area (Å²) in [4.78, 5) is 13.5. The van der Waals surface area contributed by atoms with E-state index in [0.717, 1.165) is 10.5 Å². The van der Waals surface area contributed by atoms with Crippen molar-refractivity contribution in [1.82, 2.24) is 4.72 Å². The van der Waals surface area contributed by atoms with Gasteiger partial charge < -0.3 is 5.32 Å². The average molecular weight is 360 g/mol. The van der Waals surface area contributed by atoms with Gasteiger partial charge in [0.2, 0.25) is 10.0 Å². The third-order valence-electron chi connectivity index (χ3n) is 3.78. The standard InChI is InChI=1S/C17H16N2O3S2/c1-18-24(21,22)13-7-8-16-14(10-13)15(17(20)19-16)9-11-3-5-12(23-2)6-4-11/h3-10,18H,1-2H3,(H,19,20). The lowest BCUT2D eigenvalue weighted by Gasteiger charge is -2.05. The molecular formula is C17H16N2O3S2. The second kappa shape index (κ2) is 6.43. The predicted octanol–water partition coefficient (Wildman–Crippen LogP) is 2.81. The van der Waals surface area contributed by atoms with Gasteiger partial charge in [0.25, 0.3) is 5.91 Å². The van der Waals surface area contributed by atoms with Crippen molar-refractivity contribution in [3.8, 4) is 0 Å². The number of sulfonamides is 1. The van der Waals surface area contributed by atoms with Crippen LogP contribution in [0.3, 0.4) is 0 Å². The van der Waals surface area contributed by atoms with Crippen molar-refractivity contribution >= 4 is 45.0 Å². The van der Waals surface area contributed by atoms with E-state index < -0.39 is 10.0 Å². The zero-order valence-corrected chi connectivity index (χ0v) is 14.8. The van der Waals surface area contributed by atoms with Gasteiger partial charge in [-0.1, -0.05) is 12.1 Å². The highest BCUT2D eigenvalue weighted by atomic mass is 32.2. The number of hydrogen-bond acceptors (Lipinski definition) is 4. The van der Waals surface area contributed by atoms with E-state index in [1.165, 1.54) is 19.2 Å². The highest BCUT2D eigenvalue weighted by Crippen LogP contribution is 2.34. The fourth-order valence-electron chi connectivity index (χ4n) is 2.46. The maximum atomic E-state index is 12.2. The number of nitrogens with one attached hydrogen (secondary N) is 2. The Kier molecular flexibility index (Phi) is 4.49. The molecule has 1 aliphatic rings. The van der Waals surface area contributed by atoms with Crippen molar-refractivity contribution in [2.45, 2.75) is 9.79 Å². The number of carbonyl (C=O) groups is 1. The van der Waals surface area contributed by atoms with E-state index in [1.807, 2.05) is 30.5 Å². The quantitative estimate of drug-likeness (QED) is 0.649. The number of amides is 1. The minimum absolute atomic E-state index is 0.129. The highest BCUT2D eigenvalue weighted by molar-refractivity contribution is 7.98. The van der Waals surface area contributed by atoms with Crippen molar-refractivity contribution in [2.24, 2.45) is 0 Å². The molecule has 24 heavy (non-hydrogen) atoms. The Labute approximate surface area is 145 Å². The Morgan fingerprint density at radius 1 is 1.12 bits per heavy atom. The van der Waals surface area contributed by atoms with E-state index in [-0.39, 0.29) is 10.8 Å². The number of carbonyl (C=O) groups excluding carboxylic acids is 1. The fourth-order valence-corrected chi connectivity index (χ4v) is 3.63. The average Bonchev–Trinajstić information content (AvgIpc) is 2.90. The molecule has 0 saturated carbocycles. The smallest absolute Gasteiger partial charge is 0.256 e. The number of fused-ring (bicyclic) bond motifs is 1. The molecule has 1 heterocycles. The second-order valence-electron chi connectivity index (χ2n) is 5.20. The maximum Gasteiger partial charge on any atom is 0.256 e. The van der Waals surface area contributed by atoms with Gasteiger partial charge in [-0.3, -0.25) is 4.79 Å². The minimum Gasteiger partial charge on any atom is -0.321 e. The summed E-state index contributed by atoms with van der Waals surface area (Å²) in [6, 6.07) is 12.4. The van der Waals surface area contributed by atoms with Crippen molar-refractivity contribution in [3.05, 3.63) is 53.6 Å². The third kappa shape index (κ3) is 3.10. The molecule has 2 N–H and O–H groups in total. The molecule has 0 fully saturated rings. The molecule has 0 saturated heterocycles. The van der Waals surface area contributed by atoms with Crippen LogP contribution in [0.4, 0.5) is 5.69 Å². The van der Waals surface area contributed by atoms with Crippen LogP contribution in [0.2, 0.25) is 0 Å². The van der Waals surface area contributed by atoms with Crippen LogP contribution in [0.15, 0.2) is 52.3 Å². The minimum atomic E-state index is -3.56. The number of rotatable bonds is 4. The molecule has 3 rings (SSSR count). The number of benzene rings is 2. The molecule has 0 aromatic heterocycles. The molecule has 2 aromatic carbocycles. The number of thioether (sulfide) groups is 1. The van der Waals surface area contributed by atoms with Crippen LogP contribution in [0.5, 0.6) is 0 Å². The first kappa shape index (κ1) is 16.8. The Hall–Kier alpha value is -2.09. The number of anilines is 1. The third-order valence-corrected chi connectivity index (χ3v) is 5.94. The molecule has 0 bridgehead atoms. The topological polar surface area (TPSA) is 75.3 Å². The molecule has 7 heteroatoms. The molecule has 124 valence electrons. The summed E-state index contributed by atoms with van der Waals surface area (Å²) in [7, 11) is -2.20. The first-order valence-corrected chi connectivity index (χ1v) is 9.90. The molecule has 2 aromatic rings. The summed E-state index contributed by atoms with van der Waals surface area (Å²) in [6.07, 6.45) is 3.76. The van der Waals surface area contributed by atoms with Crippen LogP contribution in [-0.4, -0.2) is 27.6 Å². The molecule has 5 nitrogen and oxygen atoms in total.